The third-order valence-corrected chi connectivity index (χ3v) is 6.40. The van der Waals surface area contributed by atoms with Crippen LogP contribution in [-0.4, -0.2) is 11.7 Å². The minimum atomic E-state index is -0.192. The molecule has 1 aliphatic heterocycles. The summed E-state index contributed by atoms with van der Waals surface area (Å²) in [6.07, 6.45) is 15.7. The molecule has 1 aromatic rings. The largest absolute Gasteiger partial charge is 0.461 e. The first-order valence-corrected chi connectivity index (χ1v) is 12.7. The van der Waals surface area contributed by atoms with E-state index < -0.39 is 0 Å². The molecule has 0 bridgehead atoms. The molecule has 1 aliphatic rings. The van der Waals surface area contributed by atoms with Crippen molar-refractivity contribution >= 4 is 11.7 Å². The fraction of sp³-hybridized carbons (Fsp3) is 0.467. The summed E-state index contributed by atoms with van der Waals surface area (Å²) in [5.41, 5.74) is 12.4. The molecule has 4 nitrogen and oxygen atoms in total. The number of aliphatic imine (C=N–C) groups is 1. The van der Waals surface area contributed by atoms with Crippen LogP contribution in [0.3, 0.4) is 0 Å². The number of esters is 1. The lowest BCUT2D eigenvalue weighted by Gasteiger charge is -2.21. The summed E-state index contributed by atoms with van der Waals surface area (Å²) < 4.78 is 5.65. The molecule has 0 aliphatic carbocycles. The minimum absolute atomic E-state index is 0.192. The van der Waals surface area contributed by atoms with Gasteiger partial charge in [0.25, 0.3) is 0 Å². The molecular formula is C30H42N2O2. The van der Waals surface area contributed by atoms with Gasteiger partial charge in [-0.3, -0.25) is 9.79 Å². The van der Waals surface area contributed by atoms with Crippen LogP contribution in [0.2, 0.25) is 0 Å². The maximum atomic E-state index is 12.9. The predicted molar refractivity (Wildman–Crippen MR) is 143 cm³/mol. The van der Waals surface area contributed by atoms with Crippen molar-refractivity contribution in [2.24, 2.45) is 16.6 Å². The lowest BCUT2D eigenvalue weighted by molar-refractivity contribution is -0.144. The van der Waals surface area contributed by atoms with Crippen molar-refractivity contribution in [3.8, 4) is 0 Å². The van der Waals surface area contributed by atoms with Crippen molar-refractivity contribution in [3.05, 3.63) is 82.7 Å². The van der Waals surface area contributed by atoms with E-state index in [1.54, 1.807) is 6.20 Å². The molecule has 4 heteroatoms. The maximum absolute atomic E-state index is 12.9. The molecule has 1 heterocycles. The molecular weight excluding hydrogens is 420 g/mol. The van der Waals surface area contributed by atoms with E-state index in [-0.39, 0.29) is 12.4 Å². The molecule has 0 saturated carbocycles. The van der Waals surface area contributed by atoms with Crippen LogP contribution < -0.4 is 5.73 Å². The Morgan fingerprint density at radius 3 is 2.56 bits per heavy atom. The van der Waals surface area contributed by atoms with Gasteiger partial charge in [-0.1, -0.05) is 88.1 Å². The molecule has 34 heavy (non-hydrogen) atoms. The number of allylic oxidation sites excluding steroid dienone is 6. The number of rotatable bonds is 14. The van der Waals surface area contributed by atoms with E-state index >= 15 is 0 Å². The Morgan fingerprint density at radius 2 is 1.91 bits per heavy atom. The summed E-state index contributed by atoms with van der Waals surface area (Å²) in [6, 6.07) is 9.83. The molecule has 2 rings (SSSR count). The fourth-order valence-corrected chi connectivity index (χ4v) is 4.01. The first-order chi connectivity index (χ1) is 16.5. The number of carbonyl (C=O) groups is 1. The quantitative estimate of drug-likeness (QED) is 0.176. The van der Waals surface area contributed by atoms with E-state index in [1.165, 1.54) is 30.4 Å². The number of nitrogens with zero attached hydrogens (tertiary/aromatic N) is 1. The maximum Gasteiger partial charge on any atom is 0.310 e. The summed E-state index contributed by atoms with van der Waals surface area (Å²) in [5.74, 6) is 0.109. The van der Waals surface area contributed by atoms with E-state index in [4.69, 9.17) is 10.5 Å². The van der Waals surface area contributed by atoms with E-state index in [0.717, 1.165) is 42.5 Å². The first-order valence-electron chi connectivity index (χ1n) is 12.7. The summed E-state index contributed by atoms with van der Waals surface area (Å²) in [4.78, 5) is 17.3. The summed E-state index contributed by atoms with van der Waals surface area (Å²) in [6.45, 7) is 9.08. The molecule has 184 valence electrons. The zero-order chi connectivity index (χ0) is 24.8. The summed E-state index contributed by atoms with van der Waals surface area (Å²) in [5, 5.41) is 0. The monoisotopic (exact) mass is 462 g/mol. The van der Waals surface area contributed by atoms with Gasteiger partial charge in [-0.25, -0.2) is 0 Å². The zero-order valence-corrected chi connectivity index (χ0v) is 21.5. The van der Waals surface area contributed by atoms with Crippen molar-refractivity contribution in [1.29, 1.82) is 0 Å². The lowest BCUT2D eigenvalue weighted by Crippen LogP contribution is -2.12. The minimum Gasteiger partial charge on any atom is -0.461 e. The Morgan fingerprint density at radius 1 is 1.15 bits per heavy atom. The van der Waals surface area contributed by atoms with Gasteiger partial charge in [0.2, 0.25) is 0 Å². The smallest absolute Gasteiger partial charge is 0.310 e. The Hall–Kier alpha value is -2.88. The molecule has 0 saturated heterocycles. The predicted octanol–water partition coefficient (Wildman–Crippen LogP) is 7.58. The molecule has 0 radical (unpaired) electrons. The molecule has 0 aromatic heterocycles. The van der Waals surface area contributed by atoms with Gasteiger partial charge in [0, 0.05) is 12.6 Å². The SMILES string of the molecule is CCCCCC/C(C)=C(CC(=O)OCc1ccccc1)/C(=C/C=C(\N)C1=NC=CC1)C(C)CC. The van der Waals surface area contributed by atoms with Gasteiger partial charge < -0.3 is 10.5 Å². The van der Waals surface area contributed by atoms with Crippen LogP contribution in [0.1, 0.15) is 84.6 Å². The van der Waals surface area contributed by atoms with Gasteiger partial charge in [-0.2, -0.15) is 0 Å². The third-order valence-electron chi connectivity index (χ3n) is 6.40. The van der Waals surface area contributed by atoms with E-state index in [9.17, 15) is 4.79 Å². The van der Waals surface area contributed by atoms with Gasteiger partial charge in [0.1, 0.15) is 6.61 Å². The molecule has 0 fully saturated rings. The van der Waals surface area contributed by atoms with Gasteiger partial charge in [0.05, 0.1) is 17.8 Å². The van der Waals surface area contributed by atoms with Gasteiger partial charge >= 0.3 is 5.97 Å². The average Bonchev–Trinajstić information content (AvgIpc) is 3.40. The van der Waals surface area contributed by atoms with Gasteiger partial charge in [-0.15, -0.1) is 0 Å². The van der Waals surface area contributed by atoms with Crippen LogP contribution in [0.5, 0.6) is 0 Å². The fourth-order valence-electron chi connectivity index (χ4n) is 4.01. The van der Waals surface area contributed by atoms with Gasteiger partial charge in [-0.05, 0) is 54.9 Å². The molecule has 0 amide bonds. The Bertz CT molecular complexity index is 936. The van der Waals surface area contributed by atoms with Crippen molar-refractivity contribution < 1.29 is 9.53 Å². The third kappa shape index (κ3) is 9.17. The Balaban J connectivity index is 2.28. The number of benzene rings is 1. The molecule has 1 aromatic carbocycles. The highest BCUT2D eigenvalue weighted by Crippen LogP contribution is 2.30. The standard InChI is InChI=1S/C30H42N2O2/c1-5-7-8-10-14-24(4)27(21-30(33)34-22-25-15-11-9-12-16-25)26(23(3)6-2)18-19-28(31)29-17-13-20-32-29/h9,11-13,15-16,18-20,23H,5-8,10,14,17,21-22,31H2,1-4H3/b26-18+,27-24+,28-19-. The Labute approximate surface area is 206 Å². The van der Waals surface area contributed by atoms with Gasteiger partial charge in [0.15, 0.2) is 0 Å². The van der Waals surface area contributed by atoms with Crippen molar-refractivity contribution in [2.45, 2.75) is 85.7 Å². The number of ether oxygens (including phenoxy) is 1. The zero-order valence-electron chi connectivity index (χ0n) is 21.5. The van der Waals surface area contributed by atoms with E-state index in [0.29, 0.717) is 18.2 Å². The first kappa shape index (κ1) is 27.4. The van der Waals surface area contributed by atoms with E-state index in [2.05, 4.69) is 38.8 Å². The van der Waals surface area contributed by atoms with E-state index in [1.807, 2.05) is 42.5 Å². The molecule has 2 N–H and O–H groups in total. The summed E-state index contributed by atoms with van der Waals surface area (Å²) >= 11 is 0. The Kier molecular flexibility index (Phi) is 12.2. The normalized spacial score (nSPS) is 15.7. The van der Waals surface area contributed by atoms with Crippen molar-refractivity contribution in [1.82, 2.24) is 0 Å². The molecule has 0 spiro atoms. The second kappa shape index (κ2) is 15.1. The number of hydrogen-bond acceptors (Lipinski definition) is 4. The average molecular weight is 463 g/mol. The van der Waals surface area contributed by atoms with Crippen molar-refractivity contribution in [3.63, 3.8) is 0 Å². The highest BCUT2D eigenvalue weighted by molar-refractivity contribution is 6.02. The number of hydrogen-bond donors (Lipinski definition) is 1. The highest BCUT2D eigenvalue weighted by atomic mass is 16.5. The second-order valence-corrected chi connectivity index (χ2v) is 9.11. The second-order valence-electron chi connectivity index (χ2n) is 9.11. The summed E-state index contributed by atoms with van der Waals surface area (Å²) in [7, 11) is 0. The van der Waals surface area contributed by atoms with Crippen LogP contribution >= 0.6 is 0 Å². The molecule has 1 unspecified atom stereocenters. The van der Waals surface area contributed by atoms with Crippen molar-refractivity contribution in [2.75, 3.05) is 0 Å². The van der Waals surface area contributed by atoms with Crippen LogP contribution in [0.25, 0.3) is 0 Å². The molecule has 1 atom stereocenters. The lowest BCUT2D eigenvalue weighted by atomic mass is 9.85. The van der Waals surface area contributed by atoms with Crippen LogP contribution in [0.4, 0.5) is 0 Å². The number of carbonyl (C=O) groups excluding carboxylic acids is 1. The van der Waals surface area contributed by atoms with Crippen LogP contribution in [0.15, 0.2) is 82.2 Å². The van der Waals surface area contributed by atoms with Crippen LogP contribution in [-0.2, 0) is 16.1 Å². The number of nitrogens with two attached hydrogens (primary N) is 1. The number of unbranched alkanes of at least 4 members (excludes halogenated alkanes) is 3. The van der Waals surface area contributed by atoms with Crippen LogP contribution in [0, 0.1) is 5.92 Å². The topological polar surface area (TPSA) is 64.7 Å². The highest BCUT2D eigenvalue weighted by Gasteiger charge is 2.19.